The molecule has 69 valence electrons. The van der Waals surface area contributed by atoms with E-state index in [0.29, 0.717) is 6.54 Å². The zero-order chi connectivity index (χ0) is 9.52. The number of carbonyl (C=O) groups excluding carboxylic acids is 1. The summed E-state index contributed by atoms with van der Waals surface area (Å²) in [6.07, 6.45) is 0.876. The predicted molar refractivity (Wildman–Crippen MR) is 49.7 cm³/mol. The van der Waals surface area contributed by atoms with Crippen molar-refractivity contribution in [3.63, 3.8) is 0 Å². The Balaban J connectivity index is 2.53. The van der Waals surface area contributed by atoms with Gasteiger partial charge in [0.15, 0.2) is 0 Å². The van der Waals surface area contributed by atoms with Crippen LogP contribution in [0, 0.1) is 0 Å². The normalized spacial score (nSPS) is 9.62. The number of nitrogens with two attached hydrogens (primary N) is 1. The van der Waals surface area contributed by atoms with Gasteiger partial charge in [0.1, 0.15) is 6.61 Å². The number of ether oxygens (including phenoxy) is 1. The van der Waals surface area contributed by atoms with Crippen LogP contribution in [-0.2, 0) is 22.6 Å². The Morgan fingerprint density at radius 3 is 2.38 bits per heavy atom. The summed E-state index contributed by atoms with van der Waals surface area (Å²) < 4.78 is 4.49. The standard InChI is InChI=1S/C10H12NO2/c11-6-5-9-1-3-10(4-2-9)7-13-8-12/h1-4H,5-7,11H2. The number of benzene rings is 1. The fourth-order valence-electron chi connectivity index (χ4n) is 1.08. The second-order valence-corrected chi connectivity index (χ2v) is 2.73. The Hall–Kier alpha value is -1.35. The average Bonchev–Trinajstić information content (AvgIpc) is 2.17. The molecule has 0 aromatic heterocycles. The Kier molecular flexibility index (Phi) is 3.99. The van der Waals surface area contributed by atoms with Crippen molar-refractivity contribution in [1.29, 1.82) is 0 Å². The molecule has 1 aromatic rings. The molecule has 13 heavy (non-hydrogen) atoms. The van der Waals surface area contributed by atoms with Crippen LogP contribution in [0.3, 0.4) is 0 Å². The molecule has 1 radical (unpaired) electrons. The summed E-state index contributed by atoms with van der Waals surface area (Å²) >= 11 is 0. The molecule has 2 N–H and O–H groups in total. The van der Waals surface area contributed by atoms with Gasteiger partial charge >= 0.3 is 6.47 Å². The highest BCUT2D eigenvalue weighted by atomic mass is 16.5. The molecule has 0 atom stereocenters. The van der Waals surface area contributed by atoms with Crippen LogP contribution in [0.5, 0.6) is 0 Å². The van der Waals surface area contributed by atoms with E-state index in [4.69, 9.17) is 5.73 Å². The van der Waals surface area contributed by atoms with Crippen LogP contribution < -0.4 is 5.73 Å². The SMILES string of the molecule is NCCc1ccc(CO[C]=O)cc1. The molecule has 1 aromatic carbocycles. The Morgan fingerprint density at radius 1 is 1.23 bits per heavy atom. The zero-order valence-electron chi connectivity index (χ0n) is 7.32. The first-order valence-corrected chi connectivity index (χ1v) is 4.13. The third kappa shape index (κ3) is 3.25. The highest BCUT2D eigenvalue weighted by Gasteiger charge is 1.94. The van der Waals surface area contributed by atoms with Gasteiger partial charge in [-0.05, 0) is 24.1 Å². The molecule has 1 rings (SSSR count). The summed E-state index contributed by atoms with van der Waals surface area (Å²) in [5, 5.41) is 0. The smallest absolute Gasteiger partial charge is 0.417 e. The minimum atomic E-state index is 0.284. The van der Waals surface area contributed by atoms with Gasteiger partial charge < -0.3 is 10.5 Å². The molecule has 0 heterocycles. The lowest BCUT2D eigenvalue weighted by Crippen LogP contribution is -2.02. The van der Waals surface area contributed by atoms with Gasteiger partial charge in [-0.15, -0.1) is 0 Å². The van der Waals surface area contributed by atoms with Crippen molar-refractivity contribution in [3.8, 4) is 0 Å². The van der Waals surface area contributed by atoms with Gasteiger partial charge in [0.2, 0.25) is 0 Å². The van der Waals surface area contributed by atoms with E-state index in [1.807, 2.05) is 24.3 Å². The molecule has 3 nitrogen and oxygen atoms in total. The van der Waals surface area contributed by atoms with E-state index >= 15 is 0 Å². The van der Waals surface area contributed by atoms with E-state index in [9.17, 15) is 4.79 Å². The molecule has 0 spiro atoms. The summed E-state index contributed by atoms with van der Waals surface area (Å²) in [5.74, 6) is 0. The number of hydrogen-bond donors (Lipinski definition) is 1. The molecule has 0 aliphatic rings. The Morgan fingerprint density at radius 2 is 1.85 bits per heavy atom. The maximum absolute atomic E-state index is 9.78. The summed E-state index contributed by atoms with van der Waals surface area (Å²) in [7, 11) is 0. The minimum absolute atomic E-state index is 0.284. The summed E-state index contributed by atoms with van der Waals surface area (Å²) in [5.41, 5.74) is 7.56. The molecule has 0 aliphatic heterocycles. The first-order chi connectivity index (χ1) is 6.36. The first-order valence-electron chi connectivity index (χ1n) is 4.13. The summed E-state index contributed by atoms with van der Waals surface area (Å²) in [4.78, 5) is 9.78. The van der Waals surface area contributed by atoms with Gasteiger partial charge in [-0.25, -0.2) is 4.79 Å². The van der Waals surface area contributed by atoms with Crippen LogP contribution in [-0.4, -0.2) is 13.0 Å². The fourth-order valence-corrected chi connectivity index (χ4v) is 1.08. The fraction of sp³-hybridized carbons (Fsp3) is 0.300. The molecule has 0 aliphatic carbocycles. The van der Waals surface area contributed by atoms with Crippen molar-refractivity contribution < 1.29 is 9.53 Å². The van der Waals surface area contributed by atoms with Gasteiger partial charge in [0.25, 0.3) is 0 Å². The third-order valence-electron chi connectivity index (χ3n) is 1.75. The Labute approximate surface area is 77.5 Å². The highest BCUT2D eigenvalue weighted by molar-refractivity contribution is 5.38. The average molecular weight is 178 g/mol. The lowest BCUT2D eigenvalue weighted by atomic mass is 10.1. The quantitative estimate of drug-likeness (QED) is 0.724. The monoisotopic (exact) mass is 178 g/mol. The molecule has 3 heteroatoms. The highest BCUT2D eigenvalue weighted by Crippen LogP contribution is 2.05. The third-order valence-corrected chi connectivity index (χ3v) is 1.75. The van der Waals surface area contributed by atoms with Crippen LogP contribution in [0.1, 0.15) is 11.1 Å². The molecule has 0 fully saturated rings. The van der Waals surface area contributed by atoms with Crippen LogP contribution >= 0.6 is 0 Å². The van der Waals surface area contributed by atoms with E-state index in [1.165, 1.54) is 12.0 Å². The molecule has 0 bridgehead atoms. The van der Waals surface area contributed by atoms with Crippen LogP contribution in [0.4, 0.5) is 0 Å². The largest absolute Gasteiger partial charge is 0.452 e. The van der Waals surface area contributed by atoms with E-state index < -0.39 is 0 Å². The van der Waals surface area contributed by atoms with E-state index in [-0.39, 0.29) is 6.61 Å². The molecular formula is C10H12NO2. The molecule has 0 saturated carbocycles. The summed E-state index contributed by atoms with van der Waals surface area (Å²) in [6.45, 7) is 2.32. The maximum Gasteiger partial charge on any atom is 0.417 e. The van der Waals surface area contributed by atoms with Gasteiger partial charge in [-0.1, -0.05) is 24.3 Å². The zero-order valence-corrected chi connectivity index (χ0v) is 7.32. The van der Waals surface area contributed by atoms with Crippen LogP contribution in [0.25, 0.3) is 0 Å². The molecule has 0 unspecified atom stereocenters. The molecule has 0 saturated heterocycles. The lowest BCUT2D eigenvalue weighted by Gasteiger charge is -2.01. The van der Waals surface area contributed by atoms with Crippen molar-refractivity contribution in [2.24, 2.45) is 5.73 Å². The minimum Gasteiger partial charge on any atom is -0.452 e. The van der Waals surface area contributed by atoms with Gasteiger partial charge in [0.05, 0.1) is 0 Å². The number of rotatable bonds is 5. The Bertz CT molecular complexity index is 256. The first kappa shape index (κ1) is 9.74. The van der Waals surface area contributed by atoms with Crippen molar-refractivity contribution in [2.75, 3.05) is 6.54 Å². The van der Waals surface area contributed by atoms with E-state index in [2.05, 4.69) is 4.74 Å². The van der Waals surface area contributed by atoms with Gasteiger partial charge in [-0.3, -0.25) is 0 Å². The van der Waals surface area contributed by atoms with Crippen LogP contribution in [0.15, 0.2) is 24.3 Å². The van der Waals surface area contributed by atoms with Crippen molar-refractivity contribution in [2.45, 2.75) is 13.0 Å². The van der Waals surface area contributed by atoms with E-state index in [1.54, 1.807) is 0 Å². The number of hydrogen-bond acceptors (Lipinski definition) is 3. The second-order valence-electron chi connectivity index (χ2n) is 2.73. The van der Waals surface area contributed by atoms with Crippen LogP contribution in [0.2, 0.25) is 0 Å². The maximum atomic E-state index is 9.78. The van der Waals surface area contributed by atoms with Crippen molar-refractivity contribution >= 4 is 6.47 Å². The molecule has 0 amide bonds. The van der Waals surface area contributed by atoms with Crippen molar-refractivity contribution in [1.82, 2.24) is 0 Å². The lowest BCUT2D eigenvalue weighted by molar-refractivity contribution is 0.267. The summed E-state index contributed by atoms with van der Waals surface area (Å²) in [6, 6.07) is 7.80. The predicted octanol–water partition coefficient (Wildman–Crippen LogP) is 0.772. The van der Waals surface area contributed by atoms with Gasteiger partial charge in [-0.2, -0.15) is 0 Å². The van der Waals surface area contributed by atoms with E-state index in [0.717, 1.165) is 12.0 Å². The topological polar surface area (TPSA) is 52.3 Å². The van der Waals surface area contributed by atoms with Gasteiger partial charge in [0, 0.05) is 0 Å². The second kappa shape index (κ2) is 5.32. The molecular weight excluding hydrogens is 166 g/mol. The van der Waals surface area contributed by atoms with Crippen molar-refractivity contribution in [3.05, 3.63) is 35.4 Å².